The van der Waals surface area contributed by atoms with E-state index < -0.39 is 5.97 Å². The number of thioether (sulfide) groups is 1. The Hall–Kier alpha value is -2.91. The molecule has 0 radical (unpaired) electrons. The fourth-order valence-corrected chi connectivity index (χ4v) is 3.75. The van der Waals surface area contributed by atoms with E-state index in [0.29, 0.717) is 15.2 Å². The highest BCUT2D eigenvalue weighted by atomic mass is 32.2. The molecule has 0 unspecified atom stereocenters. The number of hydrogen-bond donors (Lipinski definition) is 2. The second kappa shape index (κ2) is 8.65. The minimum absolute atomic E-state index is 0.0601. The van der Waals surface area contributed by atoms with Gasteiger partial charge in [0.15, 0.2) is 4.34 Å². The number of nitrogens with zero attached hydrogens (tertiary/aromatic N) is 2. The van der Waals surface area contributed by atoms with Gasteiger partial charge in [-0.2, -0.15) is 0 Å². The van der Waals surface area contributed by atoms with Crippen LogP contribution in [0.3, 0.4) is 0 Å². The van der Waals surface area contributed by atoms with E-state index in [2.05, 4.69) is 20.8 Å². The predicted molar refractivity (Wildman–Crippen MR) is 104 cm³/mol. The first-order valence-corrected chi connectivity index (χ1v) is 9.71. The molecule has 0 aliphatic carbocycles. The third kappa shape index (κ3) is 5.53. The van der Waals surface area contributed by atoms with E-state index in [1.54, 1.807) is 0 Å². The minimum atomic E-state index is -1.25. The Balaban J connectivity index is 1.50. The Morgan fingerprint density at radius 3 is 2.59 bits per heavy atom. The molecule has 1 amide bonds. The number of carboxylic acid groups (broad SMARTS) is 1. The number of aromatic carboxylic acids is 1. The van der Waals surface area contributed by atoms with Crippen LogP contribution >= 0.6 is 23.1 Å². The number of amides is 1. The smallest absolute Gasteiger partial charge is 0.234 e. The monoisotopic (exact) mass is 399 g/mol. The van der Waals surface area contributed by atoms with E-state index in [0.717, 1.165) is 11.3 Å². The highest BCUT2D eigenvalue weighted by molar-refractivity contribution is 8.01. The van der Waals surface area contributed by atoms with Crippen LogP contribution in [0.25, 0.3) is 0 Å². The topological polar surface area (TPSA) is 107 Å². The summed E-state index contributed by atoms with van der Waals surface area (Å²) in [6, 6.07) is 13.7. The van der Waals surface area contributed by atoms with Crippen molar-refractivity contribution in [3.05, 3.63) is 59.7 Å². The summed E-state index contributed by atoms with van der Waals surface area (Å²) >= 11 is 2.64. The van der Waals surface area contributed by atoms with E-state index in [-0.39, 0.29) is 17.2 Å². The lowest BCUT2D eigenvalue weighted by Gasteiger charge is -2.06. The van der Waals surface area contributed by atoms with Gasteiger partial charge in [0.1, 0.15) is 0 Å². The molecule has 138 valence electrons. The second-order valence-electron chi connectivity index (χ2n) is 5.57. The first-order valence-electron chi connectivity index (χ1n) is 7.91. The summed E-state index contributed by atoms with van der Waals surface area (Å²) in [4.78, 5) is 22.7. The summed E-state index contributed by atoms with van der Waals surface area (Å²) in [5.74, 6) is -1.30. The van der Waals surface area contributed by atoms with E-state index in [4.69, 9.17) is 0 Å². The predicted octanol–water partition coefficient (Wildman–Crippen LogP) is 2.68. The molecule has 1 aromatic heterocycles. The summed E-state index contributed by atoms with van der Waals surface area (Å²) < 4.78 is 0.674. The standard InChI is InChI=1S/C18H16N4O3S2/c1-11-3-2-4-14(9-11)20-17-21-22-18(27-17)26-10-15(23)19-13-7-5-12(6-8-13)16(24)25/h2-9H,10H2,1H3,(H,19,23)(H,20,21)(H,24,25)/p-1. The number of carbonyl (C=O) groups is 2. The molecular formula is C18H15N4O3S2-. The van der Waals surface area contributed by atoms with Crippen LogP contribution in [0.5, 0.6) is 0 Å². The van der Waals surface area contributed by atoms with Gasteiger partial charge in [-0.05, 0) is 42.3 Å². The lowest BCUT2D eigenvalue weighted by Crippen LogP contribution is -2.22. The molecular weight excluding hydrogens is 384 g/mol. The van der Waals surface area contributed by atoms with Gasteiger partial charge >= 0.3 is 0 Å². The lowest BCUT2D eigenvalue weighted by molar-refractivity contribution is -0.255. The SMILES string of the molecule is Cc1cccc(Nc2nnc(SCC(=O)Nc3ccc(C(=O)[O-])cc3)s2)c1. The van der Waals surface area contributed by atoms with Gasteiger partial charge in [-0.15, -0.1) is 10.2 Å². The summed E-state index contributed by atoms with van der Waals surface area (Å²) in [5.41, 5.74) is 2.65. The zero-order chi connectivity index (χ0) is 19.2. The molecule has 27 heavy (non-hydrogen) atoms. The number of anilines is 3. The molecule has 2 N–H and O–H groups in total. The molecule has 0 spiro atoms. The molecule has 0 fully saturated rings. The average Bonchev–Trinajstić information content (AvgIpc) is 3.08. The van der Waals surface area contributed by atoms with Gasteiger partial charge in [-0.25, -0.2) is 0 Å². The van der Waals surface area contributed by atoms with Crippen LogP contribution in [-0.2, 0) is 4.79 Å². The number of hydrogen-bond acceptors (Lipinski definition) is 8. The van der Waals surface area contributed by atoms with Crippen molar-refractivity contribution >= 4 is 51.5 Å². The summed E-state index contributed by atoms with van der Waals surface area (Å²) in [6.45, 7) is 2.01. The molecule has 3 aromatic rings. The molecule has 0 saturated carbocycles. The Kier molecular flexibility index (Phi) is 6.05. The number of rotatable bonds is 7. The van der Waals surface area contributed by atoms with Crippen molar-refractivity contribution in [2.24, 2.45) is 0 Å². The molecule has 7 nitrogen and oxygen atoms in total. The molecule has 0 saturated heterocycles. The average molecular weight is 399 g/mol. The van der Waals surface area contributed by atoms with Gasteiger partial charge < -0.3 is 20.5 Å². The number of benzene rings is 2. The van der Waals surface area contributed by atoms with Crippen LogP contribution in [0.15, 0.2) is 52.9 Å². The maximum atomic E-state index is 12.0. The third-order valence-electron chi connectivity index (χ3n) is 3.41. The Bertz CT molecular complexity index is 957. The van der Waals surface area contributed by atoms with Gasteiger partial charge in [0.25, 0.3) is 0 Å². The minimum Gasteiger partial charge on any atom is -0.545 e. The van der Waals surface area contributed by atoms with Crippen molar-refractivity contribution < 1.29 is 14.7 Å². The first-order chi connectivity index (χ1) is 13.0. The zero-order valence-corrected chi connectivity index (χ0v) is 15.9. The highest BCUT2D eigenvalue weighted by Gasteiger charge is 2.09. The molecule has 3 rings (SSSR count). The van der Waals surface area contributed by atoms with Crippen molar-refractivity contribution in [1.29, 1.82) is 0 Å². The van der Waals surface area contributed by atoms with Gasteiger partial charge in [0.05, 0.1) is 11.7 Å². The largest absolute Gasteiger partial charge is 0.545 e. The fraction of sp³-hybridized carbons (Fsp3) is 0.111. The van der Waals surface area contributed by atoms with Crippen molar-refractivity contribution in [2.75, 3.05) is 16.4 Å². The maximum absolute atomic E-state index is 12.0. The van der Waals surface area contributed by atoms with Crippen molar-refractivity contribution in [3.63, 3.8) is 0 Å². The molecule has 9 heteroatoms. The van der Waals surface area contributed by atoms with E-state index in [1.807, 2.05) is 31.2 Å². The zero-order valence-electron chi connectivity index (χ0n) is 14.3. The van der Waals surface area contributed by atoms with Crippen LogP contribution in [0.4, 0.5) is 16.5 Å². The van der Waals surface area contributed by atoms with E-state index in [9.17, 15) is 14.7 Å². The van der Waals surface area contributed by atoms with Gasteiger partial charge in [-0.3, -0.25) is 4.79 Å². The first kappa shape index (κ1) is 18.9. The molecule has 1 heterocycles. The maximum Gasteiger partial charge on any atom is 0.234 e. The third-order valence-corrected chi connectivity index (χ3v) is 5.38. The molecule has 0 atom stereocenters. The summed E-state index contributed by atoms with van der Waals surface area (Å²) in [6.07, 6.45) is 0. The van der Waals surface area contributed by atoms with E-state index in [1.165, 1.54) is 47.4 Å². The summed E-state index contributed by atoms with van der Waals surface area (Å²) in [5, 5.41) is 25.4. The normalized spacial score (nSPS) is 10.4. The number of aryl methyl sites for hydroxylation is 1. The molecule has 2 aromatic carbocycles. The Morgan fingerprint density at radius 2 is 1.89 bits per heavy atom. The second-order valence-corrected chi connectivity index (χ2v) is 7.77. The Labute approximate surface area is 163 Å². The lowest BCUT2D eigenvalue weighted by atomic mass is 10.2. The molecule has 0 bridgehead atoms. The number of aromatic nitrogens is 2. The Morgan fingerprint density at radius 1 is 1.11 bits per heavy atom. The number of carbonyl (C=O) groups excluding carboxylic acids is 2. The van der Waals surface area contributed by atoms with Crippen LogP contribution in [0.2, 0.25) is 0 Å². The van der Waals surface area contributed by atoms with Crippen LogP contribution in [0.1, 0.15) is 15.9 Å². The molecule has 0 aliphatic rings. The number of nitrogens with one attached hydrogen (secondary N) is 2. The van der Waals surface area contributed by atoms with Gasteiger partial charge in [0.2, 0.25) is 11.0 Å². The van der Waals surface area contributed by atoms with Crippen LogP contribution in [0, 0.1) is 6.92 Å². The summed E-state index contributed by atoms with van der Waals surface area (Å²) in [7, 11) is 0. The van der Waals surface area contributed by atoms with Crippen molar-refractivity contribution in [3.8, 4) is 0 Å². The highest BCUT2D eigenvalue weighted by Crippen LogP contribution is 2.28. The quantitative estimate of drug-likeness (QED) is 0.588. The van der Waals surface area contributed by atoms with E-state index >= 15 is 0 Å². The van der Waals surface area contributed by atoms with Gasteiger partial charge in [-0.1, -0.05) is 47.4 Å². The van der Waals surface area contributed by atoms with Crippen LogP contribution in [-0.4, -0.2) is 27.8 Å². The number of carboxylic acids is 1. The van der Waals surface area contributed by atoms with Crippen molar-refractivity contribution in [1.82, 2.24) is 10.2 Å². The van der Waals surface area contributed by atoms with Crippen LogP contribution < -0.4 is 15.7 Å². The van der Waals surface area contributed by atoms with Crippen molar-refractivity contribution in [2.45, 2.75) is 11.3 Å². The molecule has 0 aliphatic heterocycles. The fourth-order valence-electron chi connectivity index (χ4n) is 2.18. The van der Waals surface area contributed by atoms with Gasteiger partial charge in [0, 0.05) is 11.4 Å².